The zero-order valence-corrected chi connectivity index (χ0v) is 15.7. The van der Waals surface area contributed by atoms with Crippen molar-refractivity contribution in [2.45, 2.75) is 64.3 Å². The van der Waals surface area contributed by atoms with E-state index in [-0.39, 0.29) is 6.04 Å². The van der Waals surface area contributed by atoms with Crippen LogP contribution in [0.4, 0.5) is 4.79 Å². The van der Waals surface area contributed by atoms with Crippen LogP contribution in [0.5, 0.6) is 0 Å². The SMILES string of the molecule is CC(C)(C)OC(=O)N1[C@@H]([C@H]2O[C@H](N=[N+]=[N-])c3ccccc32)COC1(C)C. The second-order valence-corrected chi connectivity index (χ2v) is 7.92. The zero-order chi connectivity index (χ0) is 19.1. The first-order valence-electron chi connectivity index (χ1n) is 8.59. The molecule has 0 unspecified atom stereocenters. The van der Waals surface area contributed by atoms with Crippen LogP contribution < -0.4 is 0 Å². The Kier molecular flexibility index (Phi) is 4.60. The second kappa shape index (κ2) is 6.46. The van der Waals surface area contributed by atoms with Gasteiger partial charge in [0.2, 0.25) is 0 Å². The zero-order valence-electron chi connectivity index (χ0n) is 15.7. The molecule has 8 nitrogen and oxygen atoms in total. The molecule has 2 aliphatic heterocycles. The van der Waals surface area contributed by atoms with E-state index < -0.39 is 29.8 Å². The van der Waals surface area contributed by atoms with Crippen molar-refractivity contribution in [3.63, 3.8) is 0 Å². The van der Waals surface area contributed by atoms with Crippen molar-refractivity contribution < 1.29 is 19.0 Å². The number of carbonyl (C=O) groups excluding carboxylic acids is 1. The summed E-state index contributed by atoms with van der Waals surface area (Å²) in [6.45, 7) is 9.41. The lowest BCUT2D eigenvalue weighted by Gasteiger charge is -2.36. The molecule has 0 radical (unpaired) electrons. The summed E-state index contributed by atoms with van der Waals surface area (Å²) in [7, 11) is 0. The van der Waals surface area contributed by atoms with Crippen LogP contribution in [0.1, 0.15) is 58.1 Å². The van der Waals surface area contributed by atoms with Crippen LogP contribution in [-0.2, 0) is 14.2 Å². The smallest absolute Gasteiger partial charge is 0.413 e. The number of hydrogen-bond donors (Lipinski definition) is 0. The van der Waals surface area contributed by atoms with Gasteiger partial charge in [-0.2, -0.15) is 0 Å². The van der Waals surface area contributed by atoms with Gasteiger partial charge in [0.1, 0.15) is 17.4 Å². The molecule has 1 fully saturated rings. The molecule has 1 amide bonds. The lowest BCUT2D eigenvalue weighted by atomic mass is 9.99. The molecular formula is C18H24N4O4. The Hall–Kier alpha value is -2.28. The predicted octanol–water partition coefficient (Wildman–Crippen LogP) is 4.44. The maximum atomic E-state index is 12.8. The normalized spacial score (nSPS) is 27.0. The van der Waals surface area contributed by atoms with Crippen LogP contribution in [0.15, 0.2) is 29.4 Å². The third-order valence-electron chi connectivity index (χ3n) is 4.46. The first kappa shape index (κ1) is 18.5. The number of amides is 1. The molecule has 140 valence electrons. The van der Waals surface area contributed by atoms with Gasteiger partial charge in [-0.1, -0.05) is 29.4 Å². The average Bonchev–Trinajstić information content (AvgIpc) is 3.04. The summed E-state index contributed by atoms with van der Waals surface area (Å²) in [4.78, 5) is 17.3. The van der Waals surface area contributed by atoms with Crippen LogP contribution in [0.2, 0.25) is 0 Å². The maximum absolute atomic E-state index is 12.8. The molecule has 0 aliphatic carbocycles. The first-order chi connectivity index (χ1) is 12.1. The molecular weight excluding hydrogens is 336 g/mol. The Morgan fingerprint density at radius 1 is 1.35 bits per heavy atom. The summed E-state index contributed by atoms with van der Waals surface area (Å²) in [5.74, 6) is 0. The summed E-state index contributed by atoms with van der Waals surface area (Å²) in [5, 5.41) is 3.74. The summed E-state index contributed by atoms with van der Waals surface area (Å²) < 4.78 is 17.5. The Balaban J connectivity index is 1.95. The third kappa shape index (κ3) is 3.35. The molecule has 2 heterocycles. The van der Waals surface area contributed by atoms with Gasteiger partial charge in [0.05, 0.1) is 12.6 Å². The highest BCUT2D eigenvalue weighted by Crippen LogP contribution is 2.46. The van der Waals surface area contributed by atoms with Crippen LogP contribution in [0.25, 0.3) is 10.4 Å². The van der Waals surface area contributed by atoms with Gasteiger partial charge in [0.25, 0.3) is 0 Å². The second-order valence-electron chi connectivity index (χ2n) is 7.92. The molecule has 0 N–H and O–H groups in total. The molecule has 1 aromatic carbocycles. The standard InChI is InChI=1S/C18H24N4O4/c1-17(2,3)26-16(23)22-13(10-24-18(22,4)5)14-11-8-6-7-9-12(11)15(25-14)20-21-19/h6-9,13-15H,10H2,1-5H3/t13-,14+,15+/m1/s1. The molecule has 0 saturated carbocycles. The van der Waals surface area contributed by atoms with Crippen molar-refractivity contribution in [3.8, 4) is 0 Å². The molecule has 0 spiro atoms. The van der Waals surface area contributed by atoms with E-state index in [4.69, 9.17) is 19.7 Å². The highest BCUT2D eigenvalue weighted by Gasteiger charge is 2.51. The van der Waals surface area contributed by atoms with E-state index in [1.54, 1.807) is 4.90 Å². The molecule has 1 aromatic rings. The molecule has 0 bridgehead atoms. The predicted molar refractivity (Wildman–Crippen MR) is 94.0 cm³/mol. The number of rotatable bonds is 2. The van der Waals surface area contributed by atoms with Gasteiger partial charge in [-0.15, -0.1) is 0 Å². The highest BCUT2D eigenvalue weighted by molar-refractivity contribution is 5.70. The quantitative estimate of drug-likeness (QED) is 0.442. The molecule has 2 aliphatic rings. The van der Waals surface area contributed by atoms with Gasteiger partial charge in [-0.3, -0.25) is 4.90 Å². The highest BCUT2D eigenvalue weighted by atomic mass is 16.6. The lowest BCUT2D eigenvalue weighted by Crippen LogP contribution is -2.51. The Bertz CT molecular complexity index is 752. The fraction of sp³-hybridized carbons (Fsp3) is 0.611. The number of azide groups is 1. The van der Waals surface area contributed by atoms with Crippen molar-refractivity contribution in [1.29, 1.82) is 0 Å². The molecule has 26 heavy (non-hydrogen) atoms. The molecule has 1 saturated heterocycles. The summed E-state index contributed by atoms with van der Waals surface area (Å²) in [5.41, 5.74) is 9.07. The number of hydrogen-bond acceptors (Lipinski definition) is 5. The summed E-state index contributed by atoms with van der Waals surface area (Å²) >= 11 is 0. The monoisotopic (exact) mass is 360 g/mol. The largest absolute Gasteiger partial charge is 0.444 e. The van der Waals surface area contributed by atoms with Crippen LogP contribution in [0.3, 0.4) is 0 Å². The van der Waals surface area contributed by atoms with E-state index >= 15 is 0 Å². The van der Waals surface area contributed by atoms with Crippen molar-refractivity contribution in [2.75, 3.05) is 6.61 Å². The molecule has 8 heteroatoms. The van der Waals surface area contributed by atoms with Gasteiger partial charge in [-0.25, -0.2) is 4.79 Å². The van der Waals surface area contributed by atoms with Crippen molar-refractivity contribution in [2.24, 2.45) is 5.11 Å². The molecule has 3 rings (SSSR count). The van der Waals surface area contributed by atoms with E-state index in [1.165, 1.54) is 0 Å². The summed E-state index contributed by atoms with van der Waals surface area (Å²) in [6, 6.07) is 7.16. The summed E-state index contributed by atoms with van der Waals surface area (Å²) in [6.07, 6.45) is -1.64. The Labute approximate surface area is 152 Å². The van der Waals surface area contributed by atoms with Crippen LogP contribution in [-0.4, -0.2) is 35.0 Å². The van der Waals surface area contributed by atoms with Crippen LogP contribution in [0, 0.1) is 0 Å². The Morgan fingerprint density at radius 2 is 2.00 bits per heavy atom. The minimum Gasteiger partial charge on any atom is -0.444 e. The maximum Gasteiger partial charge on any atom is 0.413 e. The fourth-order valence-corrected chi connectivity index (χ4v) is 3.44. The molecule has 3 atom stereocenters. The van der Waals surface area contributed by atoms with Gasteiger partial charge in [0.15, 0.2) is 6.23 Å². The average molecular weight is 360 g/mol. The van der Waals surface area contributed by atoms with Gasteiger partial charge in [-0.05, 0) is 51.3 Å². The first-order valence-corrected chi connectivity index (χ1v) is 8.59. The van der Waals surface area contributed by atoms with Crippen LogP contribution >= 0.6 is 0 Å². The van der Waals surface area contributed by atoms with E-state index in [0.29, 0.717) is 6.61 Å². The van der Waals surface area contributed by atoms with E-state index in [0.717, 1.165) is 11.1 Å². The minimum absolute atomic E-state index is 0.300. The van der Waals surface area contributed by atoms with E-state index in [2.05, 4.69) is 10.0 Å². The number of fused-ring (bicyclic) bond motifs is 1. The minimum atomic E-state index is -0.831. The number of ether oxygens (including phenoxy) is 3. The van der Waals surface area contributed by atoms with Crippen molar-refractivity contribution in [3.05, 3.63) is 45.8 Å². The molecule has 0 aromatic heterocycles. The van der Waals surface area contributed by atoms with Gasteiger partial charge >= 0.3 is 6.09 Å². The van der Waals surface area contributed by atoms with E-state index in [9.17, 15) is 4.79 Å². The fourth-order valence-electron chi connectivity index (χ4n) is 3.44. The van der Waals surface area contributed by atoms with E-state index in [1.807, 2.05) is 58.9 Å². The van der Waals surface area contributed by atoms with Gasteiger partial charge in [0, 0.05) is 4.91 Å². The lowest BCUT2D eigenvalue weighted by molar-refractivity contribution is -0.0764. The topological polar surface area (TPSA) is 96.8 Å². The number of nitrogens with zero attached hydrogens (tertiary/aromatic N) is 4. The Morgan fingerprint density at radius 3 is 2.62 bits per heavy atom. The third-order valence-corrected chi connectivity index (χ3v) is 4.46. The number of carbonyl (C=O) groups is 1. The van der Waals surface area contributed by atoms with Crippen molar-refractivity contribution >= 4 is 6.09 Å². The van der Waals surface area contributed by atoms with Crippen molar-refractivity contribution in [1.82, 2.24) is 4.90 Å². The van der Waals surface area contributed by atoms with Gasteiger partial charge < -0.3 is 14.2 Å². The number of benzene rings is 1.